The van der Waals surface area contributed by atoms with Gasteiger partial charge in [-0.3, -0.25) is 4.79 Å². The Morgan fingerprint density at radius 2 is 1.88 bits per heavy atom. The van der Waals surface area contributed by atoms with E-state index in [0.29, 0.717) is 11.6 Å². The third-order valence-electron chi connectivity index (χ3n) is 3.75. The van der Waals surface area contributed by atoms with E-state index in [0.717, 1.165) is 27.6 Å². The predicted molar refractivity (Wildman–Crippen MR) is 109 cm³/mol. The summed E-state index contributed by atoms with van der Waals surface area (Å²) in [5, 5.41) is 3.55. The lowest BCUT2D eigenvalue weighted by molar-refractivity contribution is -0.115. The van der Waals surface area contributed by atoms with Gasteiger partial charge in [0.25, 0.3) is 0 Å². The fourth-order valence-corrected chi connectivity index (χ4v) is 4.15. The van der Waals surface area contributed by atoms with Crippen molar-refractivity contribution >= 4 is 34.1 Å². The topological polar surface area (TPSA) is 51.2 Å². The lowest BCUT2D eigenvalue weighted by Crippen LogP contribution is -2.11. The zero-order chi connectivity index (χ0) is 18.4. The summed E-state index contributed by atoms with van der Waals surface area (Å²) >= 11 is 3.17. The minimum Gasteiger partial charge on any atom is -0.497 e. The molecule has 1 aromatic heterocycles. The number of methoxy groups -OCH3 is 1. The van der Waals surface area contributed by atoms with E-state index >= 15 is 0 Å². The summed E-state index contributed by atoms with van der Waals surface area (Å²) in [5.41, 5.74) is 1.91. The number of ether oxygens (including phenoxy) is 1. The Morgan fingerprint density at radius 1 is 1.15 bits per heavy atom. The number of aromatic nitrogens is 1. The number of carbonyl (C=O) groups is 1. The molecule has 0 bridgehead atoms. The molecule has 0 fully saturated rings. The molecule has 0 aliphatic heterocycles. The summed E-state index contributed by atoms with van der Waals surface area (Å²) in [5.74, 6) is 1.54. The van der Waals surface area contributed by atoms with Crippen molar-refractivity contribution in [3.63, 3.8) is 0 Å². The molecule has 0 saturated carbocycles. The van der Waals surface area contributed by atoms with Crippen LogP contribution in [0.5, 0.6) is 5.75 Å². The zero-order valence-corrected chi connectivity index (χ0v) is 16.3. The average molecular weight is 385 g/mol. The van der Waals surface area contributed by atoms with Crippen LogP contribution >= 0.6 is 23.1 Å². The number of rotatable bonds is 7. The summed E-state index contributed by atoms with van der Waals surface area (Å²) in [6, 6.07) is 17.9. The molecule has 2 aromatic carbocycles. The summed E-state index contributed by atoms with van der Waals surface area (Å²) in [6.07, 6.45) is 0.454. The predicted octanol–water partition coefficient (Wildman–Crippen LogP) is 5.25. The first-order valence-corrected chi connectivity index (χ1v) is 10.1. The van der Waals surface area contributed by atoms with Gasteiger partial charge in [-0.05, 0) is 43.3 Å². The van der Waals surface area contributed by atoms with E-state index in [1.807, 2.05) is 61.5 Å². The molecule has 1 heterocycles. The second-order valence-electron chi connectivity index (χ2n) is 5.61. The summed E-state index contributed by atoms with van der Waals surface area (Å²) in [7, 11) is 1.65. The number of anilines is 1. The number of hydrogen-bond donors (Lipinski definition) is 1. The fourth-order valence-electron chi connectivity index (χ4n) is 2.43. The van der Waals surface area contributed by atoms with E-state index in [-0.39, 0.29) is 5.91 Å². The molecule has 26 heavy (non-hydrogen) atoms. The molecular formula is C20H20N2O2S2. The normalized spacial score (nSPS) is 10.5. The Hall–Kier alpha value is -2.31. The molecule has 0 aliphatic rings. The maximum Gasteiger partial charge on any atom is 0.226 e. The van der Waals surface area contributed by atoms with Crippen LogP contribution < -0.4 is 10.1 Å². The van der Waals surface area contributed by atoms with E-state index in [1.54, 1.807) is 18.9 Å². The Labute approximate surface area is 161 Å². The van der Waals surface area contributed by atoms with Crippen molar-refractivity contribution in [2.24, 2.45) is 0 Å². The molecule has 134 valence electrons. The molecule has 0 atom stereocenters. The highest BCUT2D eigenvalue weighted by atomic mass is 32.2. The lowest BCUT2D eigenvalue weighted by atomic mass is 10.1. The van der Waals surface area contributed by atoms with E-state index in [4.69, 9.17) is 4.74 Å². The van der Waals surface area contributed by atoms with Gasteiger partial charge in [0.1, 0.15) is 5.75 Å². The maximum absolute atomic E-state index is 12.2. The number of amides is 1. The minimum atomic E-state index is -0.0107. The molecule has 1 N–H and O–H groups in total. The molecule has 0 saturated heterocycles. The van der Waals surface area contributed by atoms with Crippen LogP contribution in [0.15, 0.2) is 59.5 Å². The molecule has 3 aromatic rings. The number of thiazole rings is 1. The number of aryl methyl sites for hydroxylation is 1. The highest BCUT2D eigenvalue weighted by Crippen LogP contribution is 2.31. The molecule has 0 unspecified atom stereocenters. The highest BCUT2D eigenvalue weighted by molar-refractivity contribution is 7.99. The van der Waals surface area contributed by atoms with Crippen molar-refractivity contribution in [3.8, 4) is 17.0 Å². The van der Waals surface area contributed by atoms with Gasteiger partial charge in [0, 0.05) is 27.5 Å². The van der Waals surface area contributed by atoms with Crippen LogP contribution in [-0.2, 0) is 4.79 Å². The van der Waals surface area contributed by atoms with Gasteiger partial charge >= 0.3 is 0 Å². The van der Waals surface area contributed by atoms with Crippen molar-refractivity contribution in [3.05, 3.63) is 59.5 Å². The SMILES string of the molecule is COc1ccc(-c2nc(NC(=O)CCSc3ccccc3)sc2C)cc1. The van der Waals surface area contributed by atoms with Crippen LogP contribution in [0.25, 0.3) is 11.3 Å². The van der Waals surface area contributed by atoms with Crippen molar-refractivity contribution in [1.29, 1.82) is 0 Å². The Balaban J connectivity index is 1.57. The van der Waals surface area contributed by atoms with Crippen molar-refractivity contribution < 1.29 is 9.53 Å². The fraction of sp³-hybridized carbons (Fsp3) is 0.200. The number of hydrogen-bond acceptors (Lipinski definition) is 5. The second kappa shape index (κ2) is 8.87. The molecule has 1 amide bonds. The minimum absolute atomic E-state index is 0.0107. The number of thioether (sulfide) groups is 1. The van der Waals surface area contributed by atoms with Gasteiger partial charge in [0.15, 0.2) is 5.13 Å². The van der Waals surface area contributed by atoms with Gasteiger partial charge < -0.3 is 10.1 Å². The maximum atomic E-state index is 12.2. The molecular weight excluding hydrogens is 364 g/mol. The van der Waals surface area contributed by atoms with Crippen LogP contribution in [0.3, 0.4) is 0 Å². The van der Waals surface area contributed by atoms with Gasteiger partial charge in [0.2, 0.25) is 5.91 Å². The average Bonchev–Trinajstić information content (AvgIpc) is 3.02. The quantitative estimate of drug-likeness (QED) is 0.565. The molecule has 4 nitrogen and oxygen atoms in total. The summed E-state index contributed by atoms with van der Waals surface area (Å²) < 4.78 is 5.19. The first-order chi connectivity index (χ1) is 12.7. The van der Waals surface area contributed by atoms with Crippen molar-refractivity contribution in [1.82, 2.24) is 4.98 Å². The van der Waals surface area contributed by atoms with Crippen LogP contribution in [0.4, 0.5) is 5.13 Å². The van der Waals surface area contributed by atoms with Crippen LogP contribution in [-0.4, -0.2) is 23.8 Å². The zero-order valence-electron chi connectivity index (χ0n) is 14.7. The summed E-state index contributed by atoms with van der Waals surface area (Å²) in [6.45, 7) is 2.01. The standard InChI is InChI=1S/C20H20N2O2S2/c1-14-19(15-8-10-16(24-2)11-9-15)22-20(26-14)21-18(23)12-13-25-17-6-4-3-5-7-17/h3-11H,12-13H2,1-2H3,(H,21,22,23). The Morgan fingerprint density at radius 3 is 2.58 bits per heavy atom. The van der Waals surface area contributed by atoms with Crippen LogP contribution in [0.1, 0.15) is 11.3 Å². The summed E-state index contributed by atoms with van der Waals surface area (Å²) in [4.78, 5) is 19.0. The van der Waals surface area contributed by atoms with Crippen molar-refractivity contribution in [2.75, 3.05) is 18.2 Å². The van der Waals surface area contributed by atoms with Gasteiger partial charge in [-0.15, -0.1) is 23.1 Å². The number of nitrogens with zero attached hydrogens (tertiary/aromatic N) is 1. The van der Waals surface area contributed by atoms with E-state index in [2.05, 4.69) is 10.3 Å². The monoisotopic (exact) mass is 384 g/mol. The van der Waals surface area contributed by atoms with Crippen molar-refractivity contribution in [2.45, 2.75) is 18.2 Å². The number of benzene rings is 2. The van der Waals surface area contributed by atoms with Gasteiger partial charge in [-0.2, -0.15) is 0 Å². The first-order valence-electron chi connectivity index (χ1n) is 8.25. The smallest absolute Gasteiger partial charge is 0.226 e. The Bertz CT molecular complexity index is 861. The lowest BCUT2D eigenvalue weighted by Gasteiger charge is -2.03. The first kappa shape index (κ1) is 18.5. The molecule has 3 rings (SSSR count). The van der Waals surface area contributed by atoms with E-state index in [9.17, 15) is 4.79 Å². The molecule has 6 heteroatoms. The molecule has 0 spiro atoms. The van der Waals surface area contributed by atoms with Crippen LogP contribution in [0, 0.1) is 6.92 Å². The van der Waals surface area contributed by atoms with E-state index < -0.39 is 0 Å². The van der Waals surface area contributed by atoms with Crippen LogP contribution in [0.2, 0.25) is 0 Å². The molecule has 0 aliphatic carbocycles. The number of carbonyl (C=O) groups excluding carboxylic acids is 1. The van der Waals surface area contributed by atoms with Gasteiger partial charge in [-0.1, -0.05) is 18.2 Å². The van der Waals surface area contributed by atoms with Gasteiger partial charge in [0.05, 0.1) is 12.8 Å². The third-order valence-corrected chi connectivity index (χ3v) is 5.65. The Kier molecular flexibility index (Phi) is 6.30. The third kappa shape index (κ3) is 4.86. The number of nitrogens with one attached hydrogen (secondary N) is 1. The second-order valence-corrected chi connectivity index (χ2v) is 7.98. The molecule has 0 radical (unpaired) electrons. The van der Waals surface area contributed by atoms with Gasteiger partial charge in [-0.25, -0.2) is 4.98 Å². The largest absolute Gasteiger partial charge is 0.497 e. The van der Waals surface area contributed by atoms with E-state index in [1.165, 1.54) is 16.2 Å². The highest BCUT2D eigenvalue weighted by Gasteiger charge is 2.12.